The third-order valence-electron chi connectivity index (χ3n) is 0.553. The Kier molecular flexibility index (Phi) is 6.11. The van der Waals surface area contributed by atoms with Gasteiger partial charge in [-0.15, -0.1) is 0 Å². The van der Waals surface area contributed by atoms with Crippen molar-refractivity contribution in [2.45, 2.75) is 6.92 Å². The molecule has 0 saturated heterocycles. The molecule has 0 radical (unpaired) electrons. The fourth-order valence-corrected chi connectivity index (χ4v) is 0.486. The molecule has 0 aliphatic rings. The first-order chi connectivity index (χ1) is 3.41. The van der Waals surface area contributed by atoms with Crippen LogP contribution in [0.5, 0.6) is 0 Å². The van der Waals surface area contributed by atoms with E-state index in [-0.39, 0.29) is 8.46 Å². The molecule has 7 heavy (non-hydrogen) atoms. The van der Waals surface area contributed by atoms with Crippen LogP contribution in [0.4, 0.5) is 0 Å². The van der Waals surface area contributed by atoms with E-state index in [0.717, 1.165) is 6.61 Å². The monoisotopic (exact) mass is 121 g/mol. The summed E-state index contributed by atoms with van der Waals surface area (Å²) in [6.45, 7) is 3.29. The molecule has 1 atom stereocenters. The third-order valence-corrected chi connectivity index (χ3v) is 0.961. The summed E-state index contributed by atoms with van der Waals surface area (Å²) in [5.41, 5.74) is 0. The van der Waals surface area contributed by atoms with Crippen molar-refractivity contribution in [3.8, 4) is 0 Å². The lowest BCUT2D eigenvalue weighted by Gasteiger charge is -1.87. The molecule has 1 unspecified atom stereocenters. The highest BCUT2D eigenvalue weighted by Crippen LogP contribution is 1.88. The molecule has 0 rings (SSSR count). The van der Waals surface area contributed by atoms with Crippen molar-refractivity contribution in [2.24, 2.45) is 0 Å². The Morgan fingerprint density at radius 3 is 2.86 bits per heavy atom. The molecule has 3 heteroatoms. The average molecular weight is 121 g/mol. The quantitative estimate of drug-likeness (QED) is 0.410. The van der Waals surface area contributed by atoms with Crippen LogP contribution in [0, 0.1) is 0 Å². The highest BCUT2D eigenvalue weighted by atomic mass is 31.1. The van der Waals surface area contributed by atoms with Gasteiger partial charge in [0.2, 0.25) is 0 Å². The normalized spacial score (nSPS) is 9.86. The van der Waals surface area contributed by atoms with Gasteiger partial charge in [0.15, 0.2) is 6.16 Å². The first-order valence-electron chi connectivity index (χ1n) is 2.34. The third kappa shape index (κ3) is 6.06. The maximum Gasteiger partial charge on any atom is 0.327 e. The molecule has 0 aliphatic heterocycles. The summed E-state index contributed by atoms with van der Waals surface area (Å²) in [5.74, 6) is 0. The molecule has 0 saturated carbocycles. The average Bonchev–Trinajstić information content (AvgIpc) is 1.69. The minimum absolute atomic E-state index is 0.207. The van der Waals surface area contributed by atoms with E-state index in [1.165, 1.54) is 0 Å². The van der Waals surface area contributed by atoms with Gasteiger partial charge < -0.3 is 4.74 Å². The molecular formula is C4H10O2P+. The van der Waals surface area contributed by atoms with Gasteiger partial charge in [0.05, 0.1) is 6.61 Å². The molecule has 0 amide bonds. The van der Waals surface area contributed by atoms with Crippen molar-refractivity contribution in [2.75, 3.05) is 19.4 Å². The molecular weight excluding hydrogens is 111 g/mol. The van der Waals surface area contributed by atoms with Crippen molar-refractivity contribution >= 4 is 8.46 Å². The maximum atomic E-state index is 9.75. The lowest BCUT2D eigenvalue weighted by Crippen LogP contribution is -1.92. The Labute approximate surface area is 45.1 Å². The van der Waals surface area contributed by atoms with Crippen molar-refractivity contribution in [3.05, 3.63) is 0 Å². The summed E-state index contributed by atoms with van der Waals surface area (Å²) >= 11 is 0. The second kappa shape index (κ2) is 6.06. The molecule has 0 aromatic carbocycles. The van der Waals surface area contributed by atoms with Crippen LogP contribution in [0.2, 0.25) is 0 Å². The number of hydrogen-bond donors (Lipinski definition) is 0. The number of ether oxygens (including phenoxy) is 1. The van der Waals surface area contributed by atoms with Gasteiger partial charge in [-0.2, -0.15) is 0 Å². The van der Waals surface area contributed by atoms with Crippen LogP contribution in [0.25, 0.3) is 0 Å². The Bertz CT molecular complexity index is 47.0. The van der Waals surface area contributed by atoms with Gasteiger partial charge in [-0.3, -0.25) is 0 Å². The second-order valence-electron chi connectivity index (χ2n) is 1.09. The molecule has 42 valence electrons. The molecule has 2 nitrogen and oxygen atoms in total. The van der Waals surface area contributed by atoms with Crippen LogP contribution in [0.3, 0.4) is 0 Å². The van der Waals surface area contributed by atoms with E-state index >= 15 is 0 Å². The van der Waals surface area contributed by atoms with Crippen molar-refractivity contribution < 1.29 is 9.30 Å². The van der Waals surface area contributed by atoms with Gasteiger partial charge in [-0.1, -0.05) is 4.57 Å². The maximum absolute atomic E-state index is 9.75. The van der Waals surface area contributed by atoms with Gasteiger partial charge in [0, 0.05) is 6.61 Å². The Hall–Kier alpha value is 0.0600. The van der Waals surface area contributed by atoms with Crippen LogP contribution in [0.15, 0.2) is 0 Å². The lowest BCUT2D eigenvalue weighted by molar-refractivity contribution is 0.164. The van der Waals surface area contributed by atoms with E-state index < -0.39 is 0 Å². The Morgan fingerprint density at radius 1 is 1.71 bits per heavy atom. The fraction of sp³-hybridized carbons (Fsp3) is 1.00. The highest BCUT2D eigenvalue weighted by Gasteiger charge is 1.87. The van der Waals surface area contributed by atoms with Gasteiger partial charge in [0.25, 0.3) is 0 Å². The smallest absolute Gasteiger partial charge is 0.327 e. The molecule has 0 heterocycles. The molecule has 0 N–H and O–H groups in total. The zero-order valence-corrected chi connectivity index (χ0v) is 5.44. The predicted molar refractivity (Wildman–Crippen MR) is 30.4 cm³/mol. The van der Waals surface area contributed by atoms with Crippen molar-refractivity contribution in [1.29, 1.82) is 0 Å². The molecule has 0 aromatic heterocycles. The fourth-order valence-electron chi connectivity index (χ4n) is 0.258. The largest absolute Gasteiger partial charge is 0.377 e. The van der Waals surface area contributed by atoms with Gasteiger partial charge in [-0.25, -0.2) is 0 Å². The minimum atomic E-state index is -0.207. The van der Waals surface area contributed by atoms with Gasteiger partial charge in [0.1, 0.15) is 0 Å². The summed E-state index contributed by atoms with van der Waals surface area (Å²) in [6, 6.07) is 0. The summed E-state index contributed by atoms with van der Waals surface area (Å²) in [6.07, 6.45) is 0.674. The first kappa shape index (κ1) is 7.06. The van der Waals surface area contributed by atoms with Crippen LogP contribution in [-0.4, -0.2) is 19.4 Å². The lowest BCUT2D eigenvalue weighted by atomic mass is 10.8. The van der Waals surface area contributed by atoms with Crippen molar-refractivity contribution in [3.63, 3.8) is 0 Å². The second-order valence-corrected chi connectivity index (χ2v) is 1.88. The Morgan fingerprint density at radius 2 is 2.43 bits per heavy atom. The summed E-state index contributed by atoms with van der Waals surface area (Å²) in [5, 5.41) is 0. The summed E-state index contributed by atoms with van der Waals surface area (Å²) < 4.78 is 14.6. The van der Waals surface area contributed by atoms with E-state index in [0.29, 0.717) is 12.8 Å². The summed E-state index contributed by atoms with van der Waals surface area (Å²) in [4.78, 5) is 0. The van der Waals surface area contributed by atoms with E-state index in [1.807, 2.05) is 6.92 Å². The van der Waals surface area contributed by atoms with E-state index in [4.69, 9.17) is 4.74 Å². The number of rotatable bonds is 4. The minimum Gasteiger partial charge on any atom is -0.377 e. The van der Waals surface area contributed by atoms with E-state index in [2.05, 4.69) is 0 Å². The molecule has 0 bridgehead atoms. The van der Waals surface area contributed by atoms with Crippen LogP contribution >= 0.6 is 8.46 Å². The molecule has 0 aliphatic carbocycles. The number of hydrogen-bond acceptors (Lipinski definition) is 2. The van der Waals surface area contributed by atoms with Crippen LogP contribution in [-0.2, 0) is 9.30 Å². The predicted octanol–water partition coefficient (Wildman–Crippen LogP) is 1.05. The zero-order chi connectivity index (χ0) is 5.54. The zero-order valence-electron chi connectivity index (χ0n) is 4.44. The van der Waals surface area contributed by atoms with Crippen LogP contribution in [0.1, 0.15) is 6.92 Å². The highest BCUT2D eigenvalue weighted by molar-refractivity contribution is 7.23. The van der Waals surface area contributed by atoms with E-state index in [9.17, 15) is 4.57 Å². The molecule has 0 fully saturated rings. The standard InChI is InChI=1S/C4H9O2P/c1-2-6-3-4-7-5/h2-4H2,1H3/p+1. The van der Waals surface area contributed by atoms with Crippen molar-refractivity contribution in [1.82, 2.24) is 0 Å². The molecule has 0 spiro atoms. The SMILES string of the molecule is CCOCC[PH+]=O. The van der Waals surface area contributed by atoms with E-state index in [1.54, 1.807) is 0 Å². The van der Waals surface area contributed by atoms with Crippen LogP contribution < -0.4 is 0 Å². The first-order valence-corrected chi connectivity index (χ1v) is 3.46. The van der Waals surface area contributed by atoms with Gasteiger partial charge >= 0.3 is 8.46 Å². The topological polar surface area (TPSA) is 26.3 Å². The molecule has 0 aromatic rings. The summed E-state index contributed by atoms with van der Waals surface area (Å²) in [7, 11) is -0.207. The van der Waals surface area contributed by atoms with Gasteiger partial charge in [-0.05, 0) is 6.92 Å². The Balaban J connectivity index is 2.56.